The minimum Gasteiger partial charge on any atom is -0.310 e. The second kappa shape index (κ2) is 12.5. The maximum absolute atomic E-state index is 2.39. The SMILES string of the molecule is CC1(C)c2ccccc2-c2cc(-c3cccc(N(c4ccc(-c5ccc6sc7ccccc7c6c5)cc4)c4cccc(-c5ccccc5)c4)c3)ccc21. The Morgan fingerprint density at radius 3 is 1.70 bits per heavy atom. The van der Waals surface area contributed by atoms with Gasteiger partial charge in [-0.25, -0.2) is 0 Å². The van der Waals surface area contributed by atoms with Crippen LogP contribution in [0.4, 0.5) is 17.1 Å². The summed E-state index contributed by atoms with van der Waals surface area (Å²) >= 11 is 1.86. The standard InChI is InChI=1S/C51H37NS/c1-51(2)47-20-8-6-18-43(47)45-32-39(24-28-48(45)51)37-15-11-17-42(31-37)52(41-16-10-14-36(30-41)34-12-4-3-5-13-34)40-26-22-35(23-27-40)38-25-29-50-46(33-38)44-19-7-9-21-49(44)53-50/h3-33H,1-2H3. The average Bonchev–Trinajstić information content (AvgIpc) is 3.70. The molecule has 0 atom stereocenters. The molecule has 0 aliphatic heterocycles. The minimum atomic E-state index is -0.0116. The van der Waals surface area contributed by atoms with Gasteiger partial charge < -0.3 is 4.90 Å². The maximum atomic E-state index is 2.39. The molecule has 2 heteroatoms. The molecule has 1 heterocycles. The van der Waals surface area contributed by atoms with Gasteiger partial charge in [-0.05, 0) is 116 Å². The van der Waals surface area contributed by atoms with Crippen LogP contribution in [0.1, 0.15) is 25.0 Å². The fourth-order valence-corrected chi connectivity index (χ4v) is 9.42. The van der Waals surface area contributed by atoms with Gasteiger partial charge in [0.25, 0.3) is 0 Å². The molecule has 252 valence electrons. The lowest BCUT2D eigenvalue weighted by molar-refractivity contribution is 0.660. The number of thiophene rings is 1. The smallest absolute Gasteiger partial charge is 0.0467 e. The summed E-state index contributed by atoms with van der Waals surface area (Å²) in [6.07, 6.45) is 0. The Balaban J connectivity index is 1.07. The highest BCUT2D eigenvalue weighted by Gasteiger charge is 2.35. The van der Waals surface area contributed by atoms with Gasteiger partial charge in [-0.3, -0.25) is 0 Å². The van der Waals surface area contributed by atoms with Gasteiger partial charge in [-0.1, -0.05) is 141 Å². The van der Waals surface area contributed by atoms with Crippen LogP contribution in [0.5, 0.6) is 0 Å². The number of fused-ring (bicyclic) bond motifs is 6. The Morgan fingerprint density at radius 2 is 0.906 bits per heavy atom. The third kappa shape index (κ3) is 5.37. The number of rotatable bonds is 6. The average molecular weight is 696 g/mol. The van der Waals surface area contributed by atoms with Gasteiger partial charge in [-0.15, -0.1) is 11.3 Å². The Labute approximate surface area is 315 Å². The number of anilines is 3. The van der Waals surface area contributed by atoms with E-state index >= 15 is 0 Å². The molecular weight excluding hydrogens is 659 g/mol. The summed E-state index contributed by atoms with van der Waals surface area (Å²) in [5.41, 5.74) is 16.1. The van der Waals surface area contributed by atoms with Gasteiger partial charge in [0.05, 0.1) is 0 Å². The van der Waals surface area contributed by atoms with E-state index in [4.69, 9.17) is 0 Å². The molecule has 1 aromatic heterocycles. The number of hydrogen-bond acceptors (Lipinski definition) is 2. The molecule has 8 aromatic carbocycles. The highest BCUT2D eigenvalue weighted by Crippen LogP contribution is 2.50. The molecule has 1 aliphatic rings. The van der Waals surface area contributed by atoms with E-state index in [1.807, 2.05) is 11.3 Å². The molecule has 53 heavy (non-hydrogen) atoms. The number of benzene rings is 8. The van der Waals surface area contributed by atoms with Crippen LogP contribution in [-0.4, -0.2) is 0 Å². The molecule has 10 rings (SSSR count). The lowest BCUT2D eigenvalue weighted by Crippen LogP contribution is -2.14. The normalized spacial score (nSPS) is 12.9. The largest absolute Gasteiger partial charge is 0.310 e. The first-order valence-electron chi connectivity index (χ1n) is 18.3. The summed E-state index contributed by atoms with van der Waals surface area (Å²) in [5.74, 6) is 0. The Bertz CT molecular complexity index is 2810. The van der Waals surface area contributed by atoms with Gasteiger partial charge in [0.2, 0.25) is 0 Å². The van der Waals surface area contributed by atoms with Gasteiger partial charge >= 0.3 is 0 Å². The van der Waals surface area contributed by atoms with E-state index in [2.05, 4.69) is 207 Å². The topological polar surface area (TPSA) is 3.24 Å². The van der Waals surface area contributed by atoms with E-state index in [1.54, 1.807) is 0 Å². The van der Waals surface area contributed by atoms with Crippen molar-refractivity contribution in [3.05, 3.63) is 199 Å². The molecule has 0 spiro atoms. The molecule has 0 amide bonds. The Hall–Kier alpha value is -6.22. The van der Waals surface area contributed by atoms with E-state index in [-0.39, 0.29) is 5.41 Å². The zero-order valence-corrected chi connectivity index (χ0v) is 30.6. The van der Waals surface area contributed by atoms with Crippen LogP contribution < -0.4 is 4.90 Å². The van der Waals surface area contributed by atoms with Gasteiger partial charge in [-0.2, -0.15) is 0 Å². The van der Waals surface area contributed by atoms with E-state index in [1.165, 1.54) is 75.8 Å². The zero-order chi connectivity index (χ0) is 35.5. The summed E-state index contributed by atoms with van der Waals surface area (Å²) in [5, 5.41) is 2.65. The summed E-state index contributed by atoms with van der Waals surface area (Å²) in [7, 11) is 0. The fraction of sp³-hybridized carbons (Fsp3) is 0.0588. The van der Waals surface area contributed by atoms with E-state index in [0.29, 0.717) is 0 Å². The summed E-state index contributed by atoms with van der Waals surface area (Å²) in [4.78, 5) is 2.39. The molecule has 0 radical (unpaired) electrons. The summed E-state index contributed by atoms with van der Waals surface area (Å²) in [6.45, 7) is 4.68. The predicted octanol–water partition coefficient (Wildman–Crippen LogP) is 14.8. The Kier molecular flexibility index (Phi) is 7.42. The first-order valence-corrected chi connectivity index (χ1v) is 19.2. The van der Waals surface area contributed by atoms with Gasteiger partial charge in [0.1, 0.15) is 0 Å². The monoisotopic (exact) mass is 695 g/mol. The molecular formula is C51H37NS. The Morgan fingerprint density at radius 1 is 0.358 bits per heavy atom. The fourth-order valence-electron chi connectivity index (χ4n) is 8.34. The lowest BCUT2D eigenvalue weighted by atomic mass is 9.82. The number of hydrogen-bond donors (Lipinski definition) is 0. The summed E-state index contributed by atoms with van der Waals surface area (Å²) < 4.78 is 2.66. The van der Waals surface area contributed by atoms with Crippen LogP contribution in [0.15, 0.2) is 188 Å². The molecule has 0 saturated heterocycles. The molecule has 0 N–H and O–H groups in total. The van der Waals surface area contributed by atoms with Crippen molar-refractivity contribution in [3.63, 3.8) is 0 Å². The van der Waals surface area contributed by atoms with Crippen molar-refractivity contribution < 1.29 is 0 Å². The van der Waals surface area contributed by atoms with Crippen molar-refractivity contribution in [3.8, 4) is 44.5 Å². The highest BCUT2D eigenvalue weighted by molar-refractivity contribution is 7.25. The van der Waals surface area contributed by atoms with Crippen LogP contribution in [-0.2, 0) is 5.41 Å². The van der Waals surface area contributed by atoms with Crippen LogP contribution >= 0.6 is 11.3 Å². The number of nitrogens with zero attached hydrogens (tertiary/aromatic N) is 1. The lowest BCUT2D eigenvalue weighted by Gasteiger charge is -2.27. The highest BCUT2D eigenvalue weighted by atomic mass is 32.1. The molecule has 1 nitrogen and oxygen atoms in total. The quantitative estimate of drug-likeness (QED) is 0.167. The van der Waals surface area contributed by atoms with Crippen LogP contribution in [0, 0.1) is 0 Å². The van der Waals surface area contributed by atoms with Crippen LogP contribution in [0.3, 0.4) is 0 Å². The van der Waals surface area contributed by atoms with Crippen molar-refractivity contribution in [1.29, 1.82) is 0 Å². The van der Waals surface area contributed by atoms with Crippen molar-refractivity contribution in [1.82, 2.24) is 0 Å². The molecule has 0 saturated carbocycles. The molecule has 0 fully saturated rings. The third-order valence-corrected chi connectivity index (χ3v) is 12.2. The van der Waals surface area contributed by atoms with E-state index in [9.17, 15) is 0 Å². The van der Waals surface area contributed by atoms with E-state index < -0.39 is 0 Å². The van der Waals surface area contributed by atoms with Crippen molar-refractivity contribution in [2.75, 3.05) is 4.90 Å². The van der Waals surface area contributed by atoms with Crippen LogP contribution in [0.2, 0.25) is 0 Å². The molecule has 0 unspecified atom stereocenters. The molecule has 1 aliphatic carbocycles. The second-order valence-electron chi connectivity index (χ2n) is 14.6. The predicted molar refractivity (Wildman–Crippen MR) is 228 cm³/mol. The summed E-state index contributed by atoms with van der Waals surface area (Å²) in [6, 6.07) is 69.1. The first kappa shape index (κ1) is 31.5. The maximum Gasteiger partial charge on any atom is 0.0467 e. The van der Waals surface area contributed by atoms with Gasteiger partial charge in [0, 0.05) is 42.6 Å². The van der Waals surface area contributed by atoms with Crippen molar-refractivity contribution in [2.45, 2.75) is 19.3 Å². The zero-order valence-electron chi connectivity index (χ0n) is 29.8. The van der Waals surface area contributed by atoms with Gasteiger partial charge in [0.15, 0.2) is 0 Å². The second-order valence-corrected chi connectivity index (χ2v) is 15.7. The molecule has 9 aromatic rings. The first-order chi connectivity index (χ1) is 26.0. The van der Waals surface area contributed by atoms with Crippen LogP contribution in [0.25, 0.3) is 64.7 Å². The van der Waals surface area contributed by atoms with E-state index in [0.717, 1.165) is 17.1 Å². The van der Waals surface area contributed by atoms with Crippen molar-refractivity contribution in [2.24, 2.45) is 0 Å². The third-order valence-electron chi connectivity index (χ3n) is 11.1. The molecule has 0 bridgehead atoms. The van der Waals surface area contributed by atoms with Crippen molar-refractivity contribution >= 4 is 48.6 Å². The minimum absolute atomic E-state index is 0.0116.